The fourth-order valence-corrected chi connectivity index (χ4v) is 2.99. The molecule has 0 saturated heterocycles. The summed E-state index contributed by atoms with van der Waals surface area (Å²) in [4.78, 5) is 0. The lowest BCUT2D eigenvalue weighted by Gasteiger charge is -2.35. The average Bonchev–Trinajstić information content (AvgIpc) is 2.68. The van der Waals surface area contributed by atoms with Gasteiger partial charge >= 0.3 is 0 Å². The van der Waals surface area contributed by atoms with Gasteiger partial charge < -0.3 is 4.74 Å². The van der Waals surface area contributed by atoms with Crippen molar-refractivity contribution in [2.75, 3.05) is 6.61 Å². The quantitative estimate of drug-likeness (QED) is 0.475. The van der Waals surface area contributed by atoms with Gasteiger partial charge in [0.1, 0.15) is 12.2 Å². The Labute approximate surface area is 143 Å². The molecular formula is C23H20O. The molecular weight excluding hydrogens is 292 g/mol. The minimum Gasteiger partial charge on any atom is -0.348 e. The van der Waals surface area contributed by atoms with Gasteiger partial charge in [-0.2, -0.15) is 0 Å². The third-order valence-corrected chi connectivity index (χ3v) is 4.08. The number of hydrogen-bond acceptors (Lipinski definition) is 1. The van der Waals surface area contributed by atoms with Crippen molar-refractivity contribution in [3.63, 3.8) is 0 Å². The minimum atomic E-state index is -0.673. The van der Waals surface area contributed by atoms with Crippen molar-refractivity contribution in [1.29, 1.82) is 0 Å². The Kier molecular flexibility index (Phi) is 5.11. The van der Waals surface area contributed by atoms with E-state index < -0.39 is 5.60 Å². The van der Waals surface area contributed by atoms with Gasteiger partial charge in [-0.15, -0.1) is 5.92 Å². The first kappa shape index (κ1) is 16.1. The van der Waals surface area contributed by atoms with Gasteiger partial charge in [0, 0.05) is 0 Å². The maximum Gasteiger partial charge on any atom is 0.145 e. The van der Waals surface area contributed by atoms with E-state index in [1.807, 2.05) is 61.5 Å². The van der Waals surface area contributed by atoms with Crippen molar-refractivity contribution in [2.24, 2.45) is 0 Å². The predicted molar refractivity (Wildman–Crippen MR) is 98.6 cm³/mol. The van der Waals surface area contributed by atoms with Crippen LogP contribution in [0.5, 0.6) is 0 Å². The molecule has 0 saturated carbocycles. The highest BCUT2D eigenvalue weighted by Crippen LogP contribution is 2.40. The number of benzene rings is 3. The molecule has 0 unspecified atom stereocenters. The Morgan fingerprint density at radius 2 is 1.04 bits per heavy atom. The average molecular weight is 312 g/mol. The third kappa shape index (κ3) is 3.11. The van der Waals surface area contributed by atoms with E-state index >= 15 is 0 Å². The lowest BCUT2D eigenvalue weighted by atomic mass is 9.80. The van der Waals surface area contributed by atoms with Gasteiger partial charge in [0.25, 0.3) is 0 Å². The van der Waals surface area contributed by atoms with E-state index in [2.05, 4.69) is 48.2 Å². The van der Waals surface area contributed by atoms with Crippen LogP contribution >= 0.6 is 0 Å². The molecule has 3 aromatic rings. The summed E-state index contributed by atoms with van der Waals surface area (Å²) in [5.74, 6) is 5.96. The van der Waals surface area contributed by atoms with Crippen LogP contribution in [0.3, 0.4) is 0 Å². The fourth-order valence-electron chi connectivity index (χ4n) is 2.99. The minimum absolute atomic E-state index is 0.370. The summed E-state index contributed by atoms with van der Waals surface area (Å²) in [6.45, 7) is 2.20. The molecule has 118 valence electrons. The summed E-state index contributed by atoms with van der Waals surface area (Å²) >= 11 is 0. The Morgan fingerprint density at radius 1 is 0.667 bits per heavy atom. The standard InChI is InChI=1S/C23H20O/c1-2-3-19-24-23(20-13-7-4-8-14-20,21-15-9-5-10-16-21)22-17-11-6-12-18-22/h4-18H,19H2,1H3. The maximum atomic E-state index is 6.45. The van der Waals surface area contributed by atoms with Crippen molar-refractivity contribution >= 4 is 0 Å². The Hall–Kier alpha value is -2.82. The molecule has 1 heteroatoms. The summed E-state index contributed by atoms with van der Waals surface area (Å²) in [6.07, 6.45) is 0. The van der Waals surface area contributed by atoms with E-state index in [0.29, 0.717) is 6.61 Å². The first-order chi connectivity index (χ1) is 11.9. The Balaban J connectivity index is 2.25. The molecule has 3 rings (SSSR count). The van der Waals surface area contributed by atoms with Crippen LogP contribution in [0.25, 0.3) is 0 Å². The molecule has 0 aliphatic rings. The first-order valence-electron chi connectivity index (χ1n) is 8.08. The molecule has 0 fully saturated rings. The van der Waals surface area contributed by atoms with Crippen molar-refractivity contribution < 1.29 is 4.74 Å². The van der Waals surface area contributed by atoms with Gasteiger partial charge in [0.15, 0.2) is 0 Å². The van der Waals surface area contributed by atoms with Crippen LogP contribution in [0.1, 0.15) is 23.6 Å². The largest absolute Gasteiger partial charge is 0.348 e. The molecule has 0 aromatic heterocycles. The van der Waals surface area contributed by atoms with Gasteiger partial charge in [-0.1, -0.05) is 96.9 Å². The topological polar surface area (TPSA) is 9.23 Å². The summed E-state index contributed by atoms with van der Waals surface area (Å²) in [6, 6.07) is 31.0. The van der Waals surface area contributed by atoms with Crippen LogP contribution in [0, 0.1) is 11.8 Å². The SMILES string of the molecule is CC#CCOC(c1ccccc1)(c1ccccc1)c1ccccc1. The predicted octanol–water partition coefficient (Wildman–Crippen LogP) is 5.02. The number of rotatable bonds is 5. The zero-order valence-corrected chi connectivity index (χ0v) is 13.8. The van der Waals surface area contributed by atoms with E-state index in [1.54, 1.807) is 0 Å². The first-order valence-corrected chi connectivity index (χ1v) is 8.08. The number of hydrogen-bond donors (Lipinski definition) is 0. The summed E-state index contributed by atoms with van der Waals surface area (Å²) in [7, 11) is 0. The molecule has 0 aliphatic heterocycles. The molecule has 1 nitrogen and oxygen atoms in total. The smallest absolute Gasteiger partial charge is 0.145 e. The van der Waals surface area contributed by atoms with Crippen LogP contribution in [0.2, 0.25) is 0 Å². The molecule has 0 radical (unpaired) electrons. The van der Waals surface area contributed by atoms with Gasteiger partial charge in [-0.05, 0) is 23.6 Å². The second-order valence-electron chi connectivity index (χ2n) is 5.49. The third-order valence-electron chi connectivity index (χ3n) is 4.08. The van der Waals surface area contributed by atoms with Crippen molar-refractivity contribution in [3.05, 3.63) is 108 Å². The van der Waals surface area contributed by atoms with E-state index in [4.69, 9.17) is 4.74 Å². The highest BCUT2D eigenvalue weighted by Gasteiger charge is 2.37. The lowest BCUT2D eigenvalue weighted by Crippen LogP contribution is -2.33. The summed E-state index contributed by atoms with van der Waals surface area (Å²) in [5.41, 5.74) is 2.62. The Bertz CT molecular complexity index is 715. The zero-order chi connectivity index (χ0) is 16.7. The summed E-state index contributed by atoms with van der Waals surface area (Å²) in [5, 5.41) is 0. The molecule has 24 heavy (non-hydrogen) atoms. The molecule has 0 amide bonds. The molecule has 0 N–H and O–H groups in total. The van der Waals surface area contributed by atoms with Crippen molar-refractivity contribution in [3.8, 4) is 11.8 Å². The monoisotopic (exact) mass is 312 g/mol. The zero-order valence-electron chi connectivity index (χ0n) is 13.8. The van der Waals surface area contributed by atoms with E-state index in [-0.39, 0.29) is 0 Å². The van der Waals surface area contributed by atoms with Crippen LogP contribution in [-0.4, -0.2) is 6.61 Å². The van der Waals surface area contributed by atoms with Gasteiger partial charge in [0.2, 0.25) is 0 Å². The molecule has 0 spiro atoms. The fraction of sp³-hybridized carbons (Fsp3) is 0.130. The normalized spacial score (nSPS) is 10.7. The van der Waals surface area contributed by atoms with Crippen molar-refractivity contribution in [1.82, 2.24) is 0 Å². The molecule has 3 aromatic carbocycles. The Morgan fingerprint density at radius 3 is 1.38 bits per heavy atom. The second kappa shape index (κ2) is 7.64. The molecule has 0 bridgehead atoms. The van der Waals surface area contributed by atoms with E-state index in [1.165, 1.54) is 0 Å². The van der Waals surface area contributed by atoms with Gasteiger partial charge in [-0.3, -0.25) is 0 Å². The molecule has 0 atom stereocenters. The van der Waals surface area contributed by atoms with Gasteiger partial charge in [-0.25, -0.2) is 0 Å². The van der Waals surface area contributed by atoms with E-state index in [0.717, 1.165) is 16.7 Å². The summed E-state index contributed by atoms with van der Waals surface area (Å²) < 4.78 is 6.45. The van der Waals surface area contributed by atoms with Gasteiger partial charge in [0.05, 0.1) is 0 Å². The van der Waals surface area contributed by atoms with Crippen LogP contribution < -0.4 is 0 Å². The number of ether oxygens (including phenoxy) is 1. The highest BCUT2D eigenvalue weighted by atomic mass is 16.5. The van der Waals surface area contributed by atoms with Crippen LogP contribution in [-0.2, 0) is 10.3 Å². The molecule has 0 aliphatic carbocycles. The highest BCUT2D eigenvalue weighted by molar-refractivity contribution is 5.47. The second-order valence-corrected chi connectivity index (χ2v) is 5.49. The van der Waals surface area contributed by atoms with Crippen molar-refractivity contribution in [2.45, 2.75) is 12.5 Å². The van der Waals surface area contributed by atoms with E-state index in [9.17, 15) is 0 Å². The molecule has 0 heterocycles. The van der Waals surface area contributed by atoms with Crippen LogP contribution in [0.4, 0.5) is 0 Å². The lowest BCUT2D eigenvalue weighted by molar-refractivity contribution is 0.0353. The van der Waals surface area contributed by atoms with Crippen LogP contribution in [0.15, 0.2) is 91.0 Å². The maximum absolute atomic E-state index is 6.45.